The molecule has 0 unspecified atom stereocenters. The van der Waals surface area contributed by atoms with E-state index in [0.717, 1.165) is 0 Å². The van der Waals surface area contributed by atoms with Gasteiger partial charge in [-0.15, -0.1) is 0 Å². The number of nitro benzene ring substituents is 1. The van der Waals surface area contributed by atoms with Crippen LogP contribution >= 0.6 is 27.5 Å². The van der Waals surface area contributed by atoms with Crippen molar-refractivity contribution in [2.45, 2.75) is 0 Å². The second kappa shape index (κ2) is 5.41. The van der Waals surface area contributed by atoms with Crippen LogP contribution in [-0.4, -0.2) is 9.91 Å². The van der Waals surface area contributed by atoms with Gasteiger partial charge in [-0.25, -0.2) is 4.98 Å². The number of nitrogen functional groups attached to an aromatic ring is 1. The Kier molecular flexibility index (Phi) is 3.87. The summed E-state index contributed by atoms with van der Waals surface area (Å²) < 4.78 is 6.13. The van der Waals surface area contributed by atoms with E-state index in [2.05, 4.69) is 20.9 Å². The fourth-order valence-corrected chi connectivity index (χ4v) is 1.88. The SMILES string of the molecule is Nc1cc(Br)cnc1Oc1ccc([N+](=O)[O-])cc1Cl. The zero-order valence-corrected chi connectivity index (χ0v) is 11.7. The van der Waals surface area contributed by atoms with Crippen LogP contribution < -0.4 is 10.5 Å². The molecule has 0 radical (unpaired) electrons. The minimum Gasteiger partial charge on any atom is -0.435 e. The zero-order valence-electron chi connectivity index (χ0n) is 9.34. The number of rotatable bonds is 3. The van der Waals surface area contributed by atoms with E-state index >= 15 is 0 Å². The van der Waals surface area contributed by atoms with Gasteiger partial charge in [0.05, 0.1) is 15.6 Å². The minimum atomic E-state index is -0.540. The van der Waals surface area contributed by atoms with Gasteiger partial charge in [-0.1, -0.05) is 11.6 Å². The lowest BCUT2D eigenvalue weighted by molar-refractivity contribution is -0.384. The molecule has 0 bridgehead atoms. The third-order valence-corrected chi connectivity index (χ3v) is 2.91. The number of benzene rings is 1. The van der Waals surface area contributed by atoms with Crippen LogP contribution in [0.5, 0.6) is 11.6 Å². The van der Waals surface area contributed by atoms with E-state index in [1.54, 1.807) is 6.07 Å². The van der Waals surface area contributed by atoms with Crippen molar-refractivity contribution in [2.24, 2.45) is 0 Å². The van der Waals surface area contributed by atoms with Gasteiger partial charge in [-0.2, -0.15) is 0 Å². The van der Waals surface area contributed by atoms with Crippen molar-refractivity contribution >= 4 is 38.9 Å². The number of aromatic nitrogens is 1. The first-order valence-corrected chi connectivity index (χ1v) is 6.17. The summed E-state index contributed by atoms with van der Waals surface area (Å²) in [5.41, 5.74) is 5.93. The van der Waals surface area contributed by atoms with Crippen LogP contribution in [0, 0.1) is 10.1 Å². The van der Waals surface area contributed by atoms with Gasteiger partial charge >= 0.3 is 0 Å². The summed E-state index contributed by atoms with van der Waals surface area (Å²) in [5, 5.41) is 10.7. The molecule has 1 aromatic carbocycles. The van der Waals surface area contributed by atoms with Crippen molar-refractivity contribution in [1.29, 1.82) is 0 Å². The lowest BCUT2D eigenvalue weighted by Crippen LogP contribution is -1.96. The smallest absolute Gasteiger partial charge is 0.271 e. The predicted octanol–water partition coefficient (Wildman–Crippen LogP) is 3.78. The minimum absolute atomic E-state index is 0.110. The Balaban J connectivity index is 2.31. The number of pyridine rings is 1. The molecule has 0 amide bonds. The number of anilines is 1. The van der Waals surface area contributed by atoms with E-state index in [-0.39, 0.29) is 22.3 Å². The van der Waals surface area contributed by atoms with Gasteiger partial charge in [0.2, 0.25) is 5.88 Å². The third kappa shape index (κ3) is 3.12. The average Bonchev–Trinajstić information content (AvgIpc) is 2.34. The molecule has 0 spiro atoms. The maximum absolute atomic E-state index is 10.6. The molecule has 6 nitrogen and oxygen atoms in total. The molecule has 98 valence electrons. The fraction of sp³-hybridized carbons (Fsp3) is 0. The monoisotopic (exact) mass is 343 g/mol. The first-order chi connectivity index (χ1) is 8.97. The van der Waals surface area contributed by atoms with Gasteiger partial charge in [-0.05, 0) is 28.1 Å². The van der Waals surface area contributed by atoms with Crippen LogP contribution in [0.15, 0.2) is 34.9 Å². The van der Waals surface area contributed by atoms with Gasteiger partial charge in [0.25, 0.3) is 5.69 Å². The molecule has 8 heteroatoms. The Morgan fingerprint density at radius 3 is 2.74 bits per heavy atom. The van der Waals surface area contributed by atoms with Crippen molar-refractivity contribution in [3.63, 3.8) is 0 Å². The second-order valence-corrected chi connectivity index (χ2v) is 4.84. The number of hydrogen-bond donors (Lipinski definition) is 1. The molecule has 19 heavy (non-hydrogen) atoms. The summed E-state index contributed by atoms with van der Waals surface area (Å²) in [6.07, 6.45) is 1.52. The van der Waals surface area contributed by atoms with E-state index < -0.39 is 4.92 Å². The lowest BCUT2D eigenvalue weighted by Gasteiger charge is -2.08. The van der Waals surface area contributed by atoms with Gasteiger partial charge in [0, 0.05) is 22.8 Å². The highest BCUT2D eigenvalue weighted by Crippen LogP contribution is 2.34. The van der Waals surface area contributed by atoms with Crippen LogP contribution in [0.4, 0.5) is 11.4 Å². The summed E-state index contributed by atoms with van der Waals surface area (Å²) in [6.45, 7) is 0. The number of non-ortho nitro benzene ring substituents is 1. The topological polar surface area (TPSA) is 91.3 Å². The van der Waals surface area contributed by atoms with Gasteiger partial charge < -0.3 is 10.5 Å². The largest absolute Gasteiger partial charge is 0.435 e. The molecule has 2 aromatic rings. The van der Waals surface area contributed by atoms with Crippen LogP contribution in [-0.2, 0) is 0 Å². The Morgan fingerprint density at radius 2 is 2.16 bits per heavy atom. The van der Waals surface area contributed by atoms with E-state index in [4.69, 9.17) is 22.1 Å². The molecule has 0 aliphatic carbocycles. The Hall–Kier alpha value is -1.86. The Bertz CT molecular complexity index is 651. The van der Waals surface area contributed by atoms with Gasteiger partial charge in [-0.3, -0.25) is 10.1 Å². The summed E-state index contributed by atoms with van der Waals surface area (Å²) in [7, 11) is 0. The molecule has 0 aliphatic heterocycles. The maximum Gasteiger partial charge on any atom is 0.271 e. The van der Waals surface area contributed by atoms with Crippen molar-refractivity contribution < 1.29 is 9.66 Å². The molecule has 0 saturated heterocycles. The van der Waals surface area contributed by atoms with E-state index in [1.165, 1.54) is 24.4 Å². The highest BCUT2D eigenvalue weighted by atomic mass is 79.9. The molecule has 0 saturated carbocycles. The van der Waals surface area contributed by atoms with Crippen LogP contribution in [0.3, 0.4) is 0 Å². The first kappa shape index (κ1) is 13.6. The van der Waals surface area contributed by atoms with Gasteiger partial charge in [0.15, 0.2) is 0 Å². The molecule has 1 aromatic heterocycles. The molecule has 2 rings (SSSR count). The quantitative estimate of drug-likeness (QED) is 0.676. The van der Waals surface area contributed by atoms with Crippen LogP contribution in [0.2, 0.25) is 5.02 Å². The first-order valence-electron chi connectivity index (χ1n) is 5.00. The number of nitro groups is 1. The molecular weight excluding hydrogens is 337 g/mol. The maximum atomic E-state index is 10.6. The zero-order chi connectivity index (χ0) is 14.0. The number of hydrogen-bond acceptors (Lipinski definition) is 5. The normalized spacial score (nSPS) is 10.2. The summed E-state index contributed by atoms with van der Waals surface area (Å²) in [4.78, 5) is 14.0. The van der Waals surface area contributed by atoms with Crippen molar-refractivity contribution in [2.75, 3.05) is 5.73 Å². The average molecular weight is 345 g/mol. The van der Waals surface area contributed by atoms with Crippen LogP contribution in [0.1, 0.15) is 0 Å². The van der Waals surface area contributed by atoms with E-state index in [9.17, 15) is 10.1 Å². The number of nitrogens with zero attached hydrogens (tertiary/aromatic N) is 2. The second-order valence-electron chi connectivity index (χ2n) is 3.52. The van der Waals surface area contributed by atoms with E-state index in [0.29, 0.717) is 10.2 Å². The molecule has 0 fully saturated rings. The third-order valence-electron chi connectivity index (χ3n) is 2.18. The summed E-state index contributed by atoms with van der Waals surface area (Å²) in [6, 6.07) is 5.51. The standard InChI is InChI=1S/C11H7BrClN3O3/c12-6-3-9(14)11(15-5-6)19-10-2-1-7(16(17)18)4-8(10)13/h1-5H,14H2. The predicted molar refractivity (Wildman–Crippen MR) is 74.5 cm³/mol. The fourth-order valence-electron chi connectivity index (χ4n) is 1.32. The number of ether oxygens (including phenoxy) is 1. The van der Waals surface area contributed by atoms with Crippen molar-refractivity contribution in [3.8, 4) is 11.6 Å². The number of nitrogens with two attached hydrogens (primary N) is 1. The number of halogens is 2. The molecule has 0 aliphatic rings. The summed E-state index contributed by atoms with van der Waals surface area (Å²) >= 11 is 9.12. The van der Waals surface area contributed by atoms with Crippen LogP contribution in [0.25, 0.3) is 0 Å². The van der Waals surface area contributed by atoms with Crippen molar-refractivity contribution in [3.05, 3.63) is 50.1 Å². The Morgan fingerprint density at radius 1 is 1.42 bits per heavy atom. The molecular formula is C11H7BrClN3O3. The Labute approximate surface area is 121 Å². The highest BCUT2D eigenvalue weighted by molar-refractivity contribution is 9.10. The van der Waals surface area contributed by atoms with E-state index in [1.807, 2.05) is 0 Å². The van der Waals surface area contributed by atoms with Gasteiger partial charge in [0.1, 0.15) is 5.75 Å². The van der Waals surface area contributed by atoms with Crippen molar-refractivity contribution in [1.82, 2.24) is 4.98 Å². The molecule has 0 atom stereocenters. The highest BCUT2D eigenvalue weighted by Gasteiger charge is 2.12. The summed E-state index contributed by atoms with van der Waals surface area (Å²) in [5.74, 6) is 0.424. The lowest BCUT2D eigenvalue weighted by atomic mass is 10.3. The molecule has 1 heterocycles. The molecule has 2 N–H and O–H groups in total.